The molecule has 0 unspecified atom stereocenters. The average Bonchev–Trinajstić information content (AvgIpc) is 4.20. The van der Waals surface area contributed by atoms with Crippen LogP contribution in [0.25, 0.3) is 83.9 Å². The van der Waals surface area contributed by atoms with E-state index >= 15 is 0 Å². The van der Waals surface area contributed by atoms with E-state index in [9.17, 15) is 5.11 Å². The molecule has 4 nitrogen and oxygen atoms in total. The summed E-state index contributed by atoms with van der Waals surface area (Å²) in [6.07, 6.45) is 10.9. The molecule has 2 fully saturated rings. The summed E-state index contributed by atoms with van der Waals surface area (Å²) in [6.45, 7) is 6.62. The number of aromatic nitrogens is 3. The van der Waals surface area contributed by atoms with Gasteiger partial charge in [0.05, 0.1) is 28.0 Å². The molecule has 7 aromatic carbocycles. The smallest absolute Gasteiger partial charge is 0.149 e. The minimum atomic E-state index is -1.34. The Bertz CT molecular complexity index is 3320. The van der Waals surface area contributed by atoms with Crippen LogP contribution < -0.4 is 0 Å². The number of para-hydroxylation sites is 1. The third-order valence-electron chi connectivity index (χ3n) is 14.5. The van der Waals surface area contributed by atoms with Crippen molar-refractivity contribution >= 4 is 11.0 Å². The van der Waals surface area contributed by atoms with E-state index in [-0.39, 0.29) is 17.1 Å². The summed E-state index contributed by atoms with van der Waals surface area (Å²) < 4.78 is 20.2. The third-order valence-corrected chi connectivity index (χ3v) is 14.5. The van der Waals surface area contributed by atoms with Crippen molar-refractivity contribution in [2.45, 2.75) is 90.3 Å². The Hall–Kier alpha value is -7.04. The van der Waals surface area contributed by atoms with Crippen LogP contribution >= 0.6 is 0 Å². The van der Waals surface area contributed by atoms with E-state index < -0.39 is 6.37 Å². The summed E-state index contributed by atoms with van der Waals surface area (Å²) in [5.74, 6) is 1.65. The summed E-state index contributed by atoms with van der Waals surface area (Å²) in [5.41, 5.74) is 16.8. The second-order valence-electron chi connectivity index (χ2n) is 20.3. The van der Waals surface area contributed by atoms with Crippen molar-refractivity contribution in [2.75, 3.05) is 0 Å². The van der Waals surface area contributed by atoms with Crippen LogP contribution in [0.2, 0.25) is 0 Å². The van der Waals surface area contributed by atoms with Crippen molar-refractivity contribution in [2.24, 2.45) is 11.8 Å². The van der Waals surface area contributed by atoms with Gasteiger partial charge in [0, 0.05) is 25.6 Å². The molecule has 1 N–H and O–H groups in total. The second kappa shape index (κ2) is 18.6. The van der Waals surface area contributed by atoms with Crippen molar-refractivity contribution < 1.29 is 7.85 Å². The van der Waals surface area contributed by atoms with Gasteiger partial charge in [-0.15, -0.1) is 0 Å². The highest BCUT2D eigenvalue weighted by atomic mass is 16.3. The summed E-state index contributed by atoms with van der Waals surface area (Å²) in [6, 6.07) is 59.6. The predicted octanol–water partition coefficient (Wildman–Crippen LogP) is 16.9. The van der Waals surface area contributed by atoms with Crippen molar-refractivity contribution in [3.8, 4) is 78.6 Å². The zero-order valence-corrected chi connectivity index (χ0v) is 39.6. The summed E-state index contributed by atoms with van der Waals surface area (Å²) in [5, 5.41) is 11.9. The Labute approximate surface area is 405 Å². The Morgan fingerprint density at radius 2 is 1.21 bits per heavy atom. The van der Waals surface area contributed by atoms with Gasteiger partial charge < -0.3 is 5.11 Å². The van der Waals surface area contributed by atoms with Gasteiger partial charge in [0.1, 0.15) is 11.6 Å². The number of nitrogens with zero attached hydrogens (tertiary/aromatic N) is 3. The molecule has 0 radical (unpaired) electrons. The van der Waals surface area contributed by atoms with Crippen molar-refractivity contribution in [1.82, 2.24) is 14.5 Å². The first-order chi connectivity index (χ1) is 34.0. The average molecular weight is 890 g/mol. The van der Waals surface area contributed by atoms with Crippen LogP contribution in [0.3, 0.4) is 0 Å². The van der Waals surface area contributed by atoms with Gasteiger partial charge in [-0.2, -0.15) is 0 Å². The van der Waals surface area contributed by atoms with Gasteiger partial charge in [0.25, 0.3) is 0 Å². The highest BCUT2D eigenvalue weighted by Gasteiger charge is 2.25. The SMILES string of the molecule is [2H]C([2H])(c1ccc(-c2ccnc(-c3cc(-c4ccccc4)cc(-c4cccc5c4nc(-c4cc(C(C)(C)C)ccc4O)n5-c4ccc(CC5CCCC5)cc4-c4ccccc4)c3)c2)cc1)C1CCCC1. The molecular formula is C64H61N3O. The van der Waals surface area contributed by atoms with E-state index in [0.717, 1.165) is 116 Å². The van der Waals surface area contributed by atoms with Crippen LogP contribution in [0.5, 0.6) is 5.75 Å². The quantitative estimate of drug-likeness (QED) is 0.141. The molecule has 2 aliphatic carbocycles. The Balaban J connectivity index is 1.09. The lowest BCUT2D eigenvalue weighted by atomic mass is 9.86. The van der Waals surface area contributed by atoms with Crippen LogP contribution in [0.15, 0.2) is 176 Å². The van der Waals surface area contributed by atoms with Crippen molar-refractivity contribution in [3.63, 3.8) is 0 Å². The number of benzene rings is 7. The molecule has 2 saturated carbocycles. The fourth-order valence-corrected chi connectivity index (χ4v) is 10.8. The van der Waals surface area contributed by atoms with Crippen LogP contribution in [0, 0.1) is 11.8 Å². The molecule has 9 aromatic rings. The molecule has 338 valence electrons. The van der Waals surface area contributed by atoms with E-state index in [1.807, 2.05) is 42.6 Å². The Morgan fingerprint density at radius 1 is 0.544 bits per heavy atom. The third kappa shape index (κ3) is 8.93. The monoisotopic (exact) mass is 889 g/mol. The van der Waals surface area contributed by atoms with E-state index in [1.165, 1.54) is 31.2 Å². The van der Waals surface area contributed by atoms with Gasteiger partial charge in [-0.3, -0.25) is 9.55 Å². The Kier molecular flexibility index (Phi) is 11.2. The highest BCUT2D eigenvalue weighted by Crippen LogP contribution is 2.43. The van der Waals surface area contributed by atoms with Gasteiger partial charge >= 0.3 is 0 Å². The number of phenols is 1. The molecule has 0 spiro atoms. The lowest BCUT2D eigenvalue weighted by Gasteiger charge is -2.21. The van der Waals surface area contributed by atoms with Gasteiger partial charge in [0.2, 0.25) is 0 Å². The first kappa shape index (κ1) is 41.2. The van der Waals surface area contributed by atoms with Gasteiger partial charge in [-0.25, -0.2) is 4.98 Å². The molecule has 2 aliphatic rings. The van der Waals surface area contributed by atoms with Crippen LogP contribution in [0.1, 0.15) is 91.6 Å². The van der Waals surface area contributed by atoms with Crippen molar-refractivity contribution in [3.05, 3.63) is 193 Å². The molecule has 0 bridgehead atoms. The van der Waals surface area contributed by atoms with Gasteiger partial charge in [0.15, 0.2) is 0 Å². The standard InChI is InChI=1S/C64H61N3O/c1-64(2,3)54-30-32-61(68)57(42-54)63-66-62-55(23-14-24-60(62)67(63)59-31-27-46(36-44-17-12-13-18-44)37-56(59)49-21-8-5-9-22-49)52-38-51(47-19-6-4-7-20-47)39-53(40-52)58-41-50(33-34-65-58)48-28-25-45(26-29-48)35-43-15-10-11-16-43/h4-9,14,19-34,37-44,68H,10-13,15-18,35-36H2,1-3H3/i35D2. The maximum absolute atomic E-state index is 11.9. The summed E-state index contributed by atoms with van der Waals surface area (Å²) in [7, 11) is 0. The fraction of sp³-hybridized carbons (Fsp3) is 0.250. The second-order valence-corrected chi connectivity index (χ2v) is 20.3. The Morgan fingerprint density at radius 3 is 1.94 bits per heavy atom. The number of imidazole rings is 1. The molecule has 2 heterocycles. The molecule has 0 atom stereocenters. The summed E-state index contributed by atoms with van der Waals surface area (Å²) >= 11 is 0. The number of rotatable bonds is 11. The molecule has 0 amide bonds. The van der Waals surface area contributed by atoms with Gasteiger partial charge in [-0.05, 0) is 141 Å². The lowest BCUT2D eigenvalue weighted by molar-refractivity contribution is 0.475. The number of hydrogen-bond acceptors (Lipinski definition) is 3. The minimum Gasteiger partial charge on any atom is -0.507 e. The first-order valence-corrected chi connectivity index (χ1v) is 24.8. The van der Waals surface area contributed by atoms with Crippen molar-refractivity contribution in [1.29, 1.82) is 0 Å². The van der Waals surface area contributed by atoms with Crippen LogP contribution in [-0.2, 0) is 18.2 Å². The predicted molar refractivity (Wildman–Crippen MR) is 283 cm³/mol. The zero-order chi connectivity index (χ0) is 48.0. The van der Waals surface area contributed by atoms with Gasteiger partial charge in [-0.1, -0.05) is 181 Å². The zero-order valence-electron chi connectivity index (χ0n) is 41.6. The molecule has 0 aliphatic heterocycles. The number of phenolic OH excluding ortho intramolecular Hbond substituents is 1. The molecule has 0 saturated heterocycles. The largest absolute Gasteiger partial charge is 0.507 e. The number of aromatic hydroxyl groups is 1. The molecule has 4 heteroatoms. The molecule has 2 aromatic heterocycles. The van der Waals surface area contributed by atoms with Crippen LogP contribution in [0.4, 0.5) is 0 Å². The minimum absolute atomic E-state index is 0.0688. The fourth-order valence-electron chi connectivity index (χ4n) is 10.8. The van der Waals surface area contributed by atoms with E-state index in [4.69, 9.17) is 12.7 Å². The molecule has 68 heavy (non-hydrogen) atoms. The lowest BCUT2D eigenvalue weighted by Crippen LogP contribution is -2.11. The normalized spacial score (nSPS) is 15.2. The number of hydrogen-bond donors (Lipinski definition) is 1. The molecule has 11 rings (SSSR count). The van der Waals surface area contributed by atoms with E-state index in [1.54, 1.807) is 0 Å². The highest BCUT2D eigenvalue weighted by molar-refractivity contribution is 5.98. The maximum Gasteiger partial charge on any atom is 0.149 e. The number of pyridine rings is 1. The topological polar surface area (TPSA) is 50.9 Å². The number of fused-ring (bicyclic) bond motifs is 1. The molecular weight excluding hydrogens is 827 g/mol. The first-order valence-electron chi connectivity index (χ1n) is 25.8. The van der Waals surface area contributed by atoms with E-state index in [0.29, 0.717) is 17.3 Å². The van der Waals surface area contributed by atoms with E-state index in [2.05, 4.69) is 159 Å². The maximum atomic E-state index is 11.9. The summed E-state index contributed by atoms with van der Waals surface area (Å²) in [4.78, 5) is 10.6. The van der Waals surface area contributed by atoms with Crippen LogP contribution in [-0.4, -0.2) is 19.6 Å².